The molecule has 0 bridgehead atoms. The number of methoxy groups -OCH3 is 1. The summed E-state index contributed by atoms with van der Waals surface area (Å²) in [5.74, 6) is -0.485. The maximum absolute atomic E-state index is 11.8. The Kier molecular flexibility index (Phi) is 3.98. The van der Waals surface area contributed by atoms with Gasteiger partial charge in [0.05, 0.1) is 12.7 Å². The van der Waals surface area contributed by atoms with Crippen LogP contribution in [0.4, 0.5) is 5.00 Å². The van der Waals surface area contributed by atoms with E-state index in [-0.39, 0.29) is 4.66 Å². The topological polar surface area (TPSA) is 72.5 Å². The average molecular weight is 354 g/mol. The van der Waals surface area contributed by atoms with Gasteiger partial charge in [-0.2, -0.15) is 0 Å². The van der Waals surface area contributed by atoms with Crippen LogP contribution in [0.15, 0.2) is 0 Å². The second kappa shape index (κ2) is 5.18. The second-order valence-electron chi connectivity index (χ2n) is 3.88. The van der Waals surface area contributed by atoms with Crippen molar-refractivity contribution in [1.29, 1.82) is 0 Å². The first-order valence-corrected chi connectivity index (χ1v) is 8.87. The summed E-state index contributed by atoms with van der Waals surface area (Å²) in [5.41, 5.74) is 1.30. The van der Waals surface area contributed by atoms with Crippen molar-refractivity contribution in [2.24, 2.45) is 0 Å². The summed E-state index contributed by atoms with van der Waals surface area (Å²) in [6.45, 7) is 0. The lowest BCUT2D eigenvalue weighted by atomic mass is 10.1. The van der Waals surface area contributed by atoms with E-state index < -0.39 is 16.0 Å². The minimum absolute atomic E-state index is 0.205. The van der Waals surface area contributed by atoms with E-state index in [9.17, 15) is 13.2 Å². The van der Waals surface area contributed by atoms with Gasteiger partial charge in [0.2, 0.25) is 10.0 Å². The van der Waals surface area contributed by atoms with Gasteiger partial charge in [-0.1, -0.05) is 15.9 Å². The zero-order chi connectivity index (χ0) is 13.3. The molecule has 0 spiro atoms. The summed E-state index contributed by atoms with van der Waals surface area (Å²) in [4.78, 5) is 12.8. The largest absolute Gasteiger partial charge is 0.465 e. The molecule has 0 saturated carbocycles. The Morgan fingerprint density at radius 3 is 2.83 bits per heavy atom. The smallest absolute Gasteiger partial charge is 0.341 e. The number of esters is 1. The number of nitrogens with one attached hydrogen (secondary N) is 1. The number of thiophene rings is 1. The number of hydrogen-bond donors (Lipinski definition) is 1. The van der Waals surface area contributed by atoms with Gasteiger partial charge in [-0.15, -0.1) is 11.3 Å². The van der Waals surface area contributed by atoms with Gasteiger partial charge in [0.25, 0.3) is 0 Å². The summed E-state index contributed by atoms with van der Waals surface area (Å²) in [5, 5.41) is 0.367. The van der Waals surface area contributed by atoms with Crippen LogP contribution in [0.25, 0.3) is 0 Å². The number of carbonyl (C=O) groups excluding carboxylic acids is 1. The van der Waals surface area contributed by atoms with Crippen molar-refractivity contribution in [2.75, 3.05) is 16.5 Å². The number of ether oxygens (including phenoxy) is 1. The first-order chi connectivity index (χ1) is 8.48. The predicted molar refractivity (Wildman–Crippen MR) is 74.0 cm³/mol. The summed E-state index contributed by atoms with van der Waals surface area (Å²) in [7, 11) is -2.16. The second-order valence-corrected chi connectivity index (χ2v) is 8.01. The van der Waals surface area contributed by atoms with Crippen molar-refractivity contribution in [1.82, 2.24) is 0 Å². The van der Waals surface area contributed by atoms with Crippen molar-refractivity contribution >= 4 is 48.3 Å². The molecule has 0 aromatic carbocycles. The molecule has 0 saturated heterocycles. The van der Waals surface area contributed by atoms with E-state index in [0.29, 0.717) is 10.6 Å². The van der Waals surface area contributed by atoms with Gasteiger partial charge in [0.15, 0.2) is 0 Å². The normalized spacial score (nSPS) is 14.3. The van der Waals surface area contributed by atoms with E-state index in [1.165, 1.54) is 18.4 Å². The molecule has 1 aromatic rings. The third kappa shape index (κ3) is 2.55. The van der Waals surface area contributed by atoms with Crippen molar-refractivity contribution in [3.05, 3.63) is 16.0 Å². The van der Waals surface area contributed by atoms with Crippen molar-refractivity contribution in [3.63, 3.8) is 0 Å². The van der Waals surface area contributed by atoms with Gasteiger partial charge >= 0.3 is 5.97 Å². The predicted octanol–water partition coefficient (Wildman–Crippen LogP) is 2.12. The lowest BCUT2D eigenvalue weighted by Crippen LogP contribution is -2.15. The quantitative estimate of drug-likeness (QED) is 0.664. The van der Waals surface area contributed by atoms with Crippen molar-refractivity contribution in [3.8, 4) is 0 Å². The lowest BCUT2D eigenvalue weighted by Gasteiger charge is -2.06. The van der Waals surface area contributed by atoms with Crippen LogP contribution >= 0.6 is 27.3 Å². The van der Waals surface area contributed by atoms with Crippen LogP contribution < -0.4 is 4.72 Å². The van der Waals surface area contributed by atoms with Crippen LogP contribution in [0.1, 0.15) is 27.2 Å². The fraction of sp³-hybridized carbons (Fsp3) is 0.500. The number of alkyl halides is 1. The van der Waals surface area contributed by atoms with Gasteiger partial charge in [-0.3, -0.25) is 4.72 Å². The van der Waals surface area contributed by atoms with Gasteiger partial charge < -0.3 is 4.74 Å². The number of hydrogen-bond acceptors (Lipinski definition) is 5. The molecule has 0 aliphatic heterocycles. The highest BCUT2D eigenvalue weighted by molar-refractivity contribution is 9.10. The van der Waals surface area contributed by atoms with E-state index in [2.05, 4.69) is 20.7 Å². The Hall–Kier alpha value is -0.600. The van der Waals surface area contributed by atoms with E-state index in [0.717, 1.165) is 29.7 Å². The average Bonchev–Trinajstić information content (AvgIpc) is 2.87. The number of sulfonamides is 1. The Bertz CT molecular complexity index is 579. The number of aryl methyl sites for hydroxylation is 1. The van der Waals surface area contributed by atoms with Crippen LogP contribution in [-0.2, 0) is 27.6 Å². The van der Waals surface area contributed by atoms with Crippen LogP contribution in [0.5, 0.6) is 0 Å². The number of fused-ring (bicyclic) bond motifs is 1. The number of anilines is 1. The van der Waals surface area contributed by atoms with Crippen LogP contribution in [0.3, 0.4) is 0 Å². The van der Waals surface area contributed by atoms with Crippen LogP contribution in [0.2, 0.25) is 0 Å². The molecule has 1 aliphatic carbocycles. The van der Waals surface area contributed by atoms with Gasteiger partial charge in [-0.05, 0) is 24.8 Å². The Morgan fingerprint density at radius 1 is 1.50 bits per heavy atom. The van der Waals surface area contributed by atoms with Crippen LogP contribution in [0, 0.1) is 0 Å². The Morgan fingerprint density at radius 2 is 2.22 bits per heavy atom. The maximum Gasteiger partial charge on any atom is 0.341 e. The molecule has 1 aliphatic rings. The minimum atomic E-state index is -3.46. The molecule has 5 nitrogen and oxygen atoms in total. The first kappa shape index (κ1) is 13.8. The molecular formula is C10H12BrNO4S2. The third-order valence-corrected chi connectivity index (χ3v) is 6.65. The zero-order valence-corrected chi connectivity index (χ0v) is 12.9. The maximum atomic E-state index is 11.8. The van der Waals surface area contributed by atoms with E-state index in [4.69, 9.17) is 4.74 Å². The van der Waals surface area contributed by atoms with E-state index in [1.807, 2.05) is 0 Å². The molecule has 0 fully saturated rings. The molecule has 1 heterocycles. The summed E-state index contributed by atoms with van der Waals surface area (Å²) in [6, 6.07) is 0. The van der Waals surface area contributed by atoms with Gasteiger partial charge in [-0.25, -0.2) is 13.2 Å². The Labute approximate surface area is 118 Å². The van der Waals surface area contributed by atoms with Gasteiger partial charge in [0, 0.05) is 4.88 Å². The van der Waals surface area contributed by atoms with Crippen LogP contribution in [-0.4, -0.2) is 26.2 Å². The number of rotatable bonds is 4. The first-order valence-electron chi connectivity index (χ1n) is 5.28. The molecule has 0 unspecified atom stereocenters. The molecule has 0 atom stereocenters. The number of halogens is 1. The fourth-order valence-corrected chi connectivity index (χ4v) is 4.42. The molecule has 18 heavy (non-hydrogen) atoms. The van der Waals surface area contributed by atoms with Crippen molar-refractivity contribution < 1.29 is 17.9 Å². The highest BCUT2D eigenvalue weighted by Gasteiger charge is 2.28. The molecule has 2 rings (SSSR count). The third-order valence-electron chi connectivity index (χ3n) is 2.70. The lowest BCUT2D eigenvalue weighted by molar-refractivity contribution is 0.0601. The monoisotopic (exact) mass is 353 g/mol. The summed E-state index contributed by atoms with van der Waals surface area (Å²) < 4.78 is 30.1. The molecular weight excluding hydrogens is 342 g/mol. The summed E-state index contributed by atoms with van der Waals surface area (Å²) in [6.07, 6.45) is 2.68. The minimum Gasteiger partial charge on any atom is -0.465 e. The SMILES string of the molecule is COC(=O)c1c(NS(=O)(=O)CBr)sc2c1CCC2. The molecule has 1 aromatic heterocycles. The molecule has 1 N–H and O–H groups in total. The standard InChI is InChI=1S/C10H12BrNO4S2/c1-16-10(13)8-6-3-2-4-7(6)17-9(8)12-18(14,15)5-11/h12H,2-5H2,1H3. The van der Waals surface area contributed by atoms with Crippen molar-refractivity contribution in [2.45, 2.75) is 19.3 Å². The highest BCUT2D eigenvalue weighted by Crippen LogP contribution is 2.39. The van der Waals surface area contributed by atoms with Gasteiger partial charge in [0.1, 0.15) is 9.66 Å². The van der Waals surface area contributed by atoms with E-state index >= 15 is 0 Å². The number of carbonyl (C=O) groups is 1. The summed E-state index contributed by atoms with van der Waals surface area (Å²) >= 11 is 4.22. The molecule has 0 amide bonds. The molecule has 0 radical (unpaired) electrons. The Balaban J connectivity index is 2.45. The molecule has 8 heteroatoms. The zero-order valence-electron chi connectivity index (χ0n) is 9.66. The highest BCUT2D eigenvalue weighted by atomic mass is 79.9. The van der Waals surface area contributed by atoms with E-state index in [1.54, 1.807) is 0 Å². The fourth-order valence-electron chi connectivity index (χ4n) is 1.96. The molecule has 100 valence electrons.